The predicted octanol–water partition coefficient (Wildman–Crippen LogP) is 2.53. The van der Waals surface area contributed by atoms with Gasteiger partial charge in [-0.25, -0.2) is 0 Å². The van der Waals surface area contributed by atoms with E-state index in [2.05, 4.69) is 0 Å². The average molecular weight is 286 g/mol. The molecule has 0 spiro atoms. The molecule has 2 aliphatic rings. The lowest BCUT2D eigenvalue weighted by molar-refractivity contribution is -0.137. The molecule has 6 heteroatoms. The monoisotopic (exact) mass is 286 g/mol. The van der Waals surface area contributed by atoms with Gasteiger partial charge in [0.2, 0.25) is 0 Å². The molecule has 20 heavy (non-hydrogen) atoms. The van der Waals surface area contributed by atoms with Gasteiger partial charge < -0.3 is 15.4 Å². The summed E-state index contributed by atoms with van der Waals surface area (Å²) in [4.78, 5) is 1.80. The third kappa shape index (κ3) is 2.50. The summed E-state index contributed by atoms with van der Waals surface area (Å²) in [6, 6.07) is 4.37. The van der Waals surface area contributed by atoms with Crippen molar-refractivity contribution in [3.63, 3.8) is 0 Å². The molecule has 0 saturated carbocycles. The molecule has 110 valence electrons. The highest BCUT2D eigenvalue weighted by Crippen LogP contribution is 2.39. The summed E-state index contributed by atoms with van der Waals surface area (Å²) in [6.45, 7) is 1.17. The van der Waals surface area contributed by atoms with Gasteiger partial charge in [-0.2, -0.15) is 13.2 Å². The third-order valence-corrected chi connectivity index (χ3v) is 3.99. The van der Waals surface area contributed by atoms with Gasteiger partial charge in [0.05, 0.1) is 17.8 Å². The van der Waals surface area contributed by atoms with E-state index in [-0.39, 0.29) is 24.4 Å². The van der Waals surface area contributed by atoms with Gasteiger partial charge in [-0.15, -0.1) is 0 Å². The van der Waals surface area contributed by atoms with Crippen LogP contribution in [0.4, 0.5) is 18.9 Å². The van der Waals surface area contributed by atoms with Crippen molar-refractivity contribution in [1.29, 1.82) is 0 Å². The molecule has 3 nitrogen and oxygen atoms in total. The number of fused-ring (bicyclic) bond motifs is 2. The number of halogens is 3. The molecule has 2 heterocycles. The van der Waals surface area contributed by atoms with E-state index in [1.165, 1.54) is 6.07 Å². The van der Waals surface area contributed by atoms with E-state index in [0.29, 0.717) is 18.7 Å². The van der Waals surface area contributed by atoms with Gasteiger partial charge in [-0.3, -0.25) is 0 Å². The van der Waals surface area contributed by atoms with Crippen LogP contribution in [-0.4, -0.2) is 25.3 Å². The molecule has 2 fully saturated rings. The first kappa shape index (κ1) is 13.7. The number of morpholine rings is 1. The van der Waals surface area contributed by atoms with Crippen LogP contribution in [0.25, 0.3) is 0 Å². The molecule has 0 aliphatic carbocycles. The first-order valence-electron chi connectivity index (χ1n) is 6.78. The molecule has 2 bridgehead atoms. The Morgan fingerprint density at radius 1 is 1.20 bits per heavy atom. The van der Waals surface area contributed by atoms with Crippen LogP contribution in [0.3, 0.4) is 0 Å². The molecule has 2 aliphatic heterocycles. The zero-order valence-corrected chi connectivity index (χ0v) is 11.0. The topological polar surface area (TPSA) is 38.5 Å². The minimum atomic E-state index is -4.36. The summed E-state index contributed by atoms with van der Waals surface area (Å²) in [7, 11) is 0. The maximum absolute atomic E-state index is 13.2. The third-order valence-electron chi connectivity index (χ3n) is 3.99. The second-order valence-corrected chi connectivity index (χ2v) is 5.42. The molecular formula is C14H17F3N2O. The van der Waals surface area contributed by atoms with Crippen molar-refractivity contribution >= 4 is 5.69 Å². The molecule has 1 aromatic rings. The van der Waals surface area contributed by atoms with Crippen molar-refractivity contribution in [3.8, 4) is 0 Å². The number of alkyl halides is 3. The van der Waals surface area contributed by atoms with E-state index < -0.39 is 11.7 Å². The highest BCUT2D eigenvalue weighted by atomic mass is 19.4. The molecule has 2 atom stereocenters. The summed E-state index contributed by atoms with van der Waals surface area (Å²) < 4.78 is 45.4. The molecule has 2 unspecified atom stereocenters. The normalized spacial score (nSPS) is 26.1. The first-order valence-corrected chi connectivity index (χ1v) is 6.78. The smallest absolute Gasteiger partial charge is 0.371 e. The van der Waals surface area contributed by atoms with Crippen LogP contribution < -0.4 is 10.6 Å². The van der Waals surface area contributed by atoms with E-state index in [0.717, 1.165) is 18.9 Å². The summed E-state index contributed by atoms with van der Waals surface area (Å²) in [5.41, 5.74) is 5.59. The van der Waals surface area contributed by atoms with Gasteiger partial charge in [-0.05, 0) is 30.5 Å². The van der Waals surface area contributed by atoms with E-state index in [4.69, 9.17) is 10.5 Å². The summed E-state index contributed by atoms with van der Waals surface area (Å²) in [5, 5.41) is 0. The van der Waals surface area contributed by atoms with E-state index in [1.807, 2.05) is 0 Å². The van der Waals surface area contributed by atoms with E-state index in [1.54, 1.807) is 11.0 Å². The largest absolute Gasteiger partial charge is 0.418 e. The van der Waals surface area contributed by atoms with Crippen molar-refractivity contribution in [2.24, 2.45) is 5.73 Å². The van der Waals surface area contributed by atoms with Crippen LogP contribution in [0.15, 0.2) is 18.2 Å². The fourth-order valence-corrected chi connectivity index (χ4v) is 3.02. The number of anilines is 1. The average Bonchev–Trinajstić information content (AvgIpc) is 2.76. The zero-order valence-electron chi connectivity index (χ0n) is 11.0. The standard InChI is InChI=1S/C14H17F3N2O/c15-14(16,17)12-5-9(6-18)1-4-13(12)19-7-10-2-3-11(8-19)20-10/h1,4-5,10-11H,2-3,6-8,18H2. The Hall–Kier alpha value is -1.27. The Labute approximate surface area is 115 Å². The van der Waals surface area contributed by atoms with Crippen molar-refractivity contribution in [1.82, 2.24) is 0 Å². The van der Waals surface area contributed by atoms with E-state index >= 15 is 0 Å². The van der Waals surface area contributed by atoms with Gasteiger partial charge in [-0.1, -0.05) is 6.07 Å². The van der Waals surface area contributed by atoms with Crippen LogP contribution in [-0.2, 0) is 17.5 Å². The highest BCUT2D eigenvalue weighted by molar-refractivity contribution is 5.57. The lowest BCUT2D eigenvalue weighted by Gasteiger charge is -2.35. The lowest BCUT2D eigenvalue weighted by atomic mass is 10.1. The maximum Gasteiger partial charge on any atom is 0.418 e. The number of hydrogen-bond acceptors (Lipinski definition) is 3. The minimum Gasteiger partial charge on any atom is -0.371 e. The number of nitrogens with zero attached hydrogens (tertiary/aromatic N) is 1. The first-order chi connectivity index (χ1) is 9.47. The van der Waals surface area contributed by atoms with Gasteiger partial charge in [0, 0.05) is 25.3 Å². The fraction of sp³-hybridized carbons (Fsp3) is 0.571. The molecule has 1 aromatic carbocycles. The van der Waals surface area contributed by atoms with Gasteiger partial charge in [0.15, 0.2) is 0 Å². The lowest BCUT2D eigenvalue weighted by Crippen LogP contribution is -2.43. The summed E-state index contributed by atoms with van der Waals surface area (Å²) >= 11 is 0. The Morgan fingerprint density at radius 2 is 1.85 bits per heavy atom. The second-order valence-electron chi connectivity index (χ2n) is 5.42. The maximum atomic E-state index is 13.2. The SMILES string of the molecule is NCc1ccc(N2CC3CCC(C2)O3)c(C(F)(F)F)c1. The number of nitrogens with two attached hydrogens (primary N) is 1. The van der Waals surface area contributed by atoms with Crippen LogP contribution in [0.2, 0.25) is 0 Å². The number of hydrogen-bond donors (Lipinski definition) is 1. The van der Waals surface area contributed by atoms with Crippen molar-refractivity contribution in [3.05, 3.63) is 29.3 Å². The number of benzene rings is 1. The fourth-order valence-electron chi connectivity index (χ4n) is 3.02. The molecule has 0 amide bonds. The van der Waals surface area contributed by atoms with Gasteiger partial charge >= 0.3 is 6.18 Å². The molecule has 3 rings (SSSR count). The Balaban J connectivity index is 1.96. The van der Waals surface area contributed by atoms with E-state index in [9.17, 15) is 13.2 Å². The van der Waals surface area contributed by atoms with Crippen LogP contribution in [0.1, 0.15) is 24.0 Å². The van der Waals surface area contributed by atoms with Crippen molar-refractivity contribution in [2.75, 3.05) is 18.0 Å². The minimum absolute atomic E-state index is 0.0593. The molecular weight excluding hydrogens is 269 g/mol. The molecule has 2 saturated heterocycles. The van der Waals surface area contributed by atoms with Gasteiger partial charge in [0.25, 0.3) is 0 Å². The predicted molar refractivity (Wildman–Crippen MR) is 69.4 cm³/mol. The highest BCUT2D eigenvalue weighted by Gasteiger charge is 2.39. The molecule has 0 radical (unpaired) electrons. The Kier molecular flexibility index (Phi) is 3.38. The summed E-state index contributed by atoms with van der Waals surface area (Å²) in [5.74, 6) is 0. The Morgan fingerprint density at radius 3 is 2.40 bits per heavy atom. The molecule has 0 aromatic heterocycles. The van der Waals surface area contributed by atoms with Crippen molar-refractivity contribution < 1.29 is 17.9 Å². The van der Waals surface area contributed by atoms with Crippen LogP contribution in [0, 0.1) is 0 Å². The van der Waals surface area contributed by atoms with Crippen molar-refractivity contribution in [2.45, 2.75) is 37.8 Å². The van der Waals surface area contributed by atoms with Crippen LogP contribution in [0.5, 0.6) is 0 Å². The number of rotatable bonds is 2. The second kappa shape index (κ2) is 4.93. The van der Waals surface area contributed by atoms with Crippen LogP contribution >= 0.6 is 0 Å². The molecule has 2 N–H and O–H groups in total. The van der Waals surface area contributed by atoms with Gasteiger partial charge in [0.1, 0.15) is 0 Å². The summed E-state index contributed by atoms with van der Waals surface area (Å²) in [6.07, 6.45) is -2.38. The zero-order chi connectivity index (χ0) is 14.3. The quantitative estimate of drug-likeness (QED) is 0.908. The Bertz CT molecular complexity index is 492. The number of ether oxygens (including phenoxy) is 1.